The average Bonchev–Trinajstić information content (AvgIpc) is 2.34. The van der Waals surface area contributed by atoms with E-state index in [4.69, 9.17) is 5.73 Å². The molecule has 1 amide bonds. The highest BCUT2D eigenvalue weighted by Crippen LogP contribution is 2.21. The molecular weight excluding hydrogens is 254 g/mol. The number of nitrogens with two attached hydrogens (primary N) is 1. The fourth-order valence-electron chi connectivity index (χ4n) is 1.96. The van der Waals surface area contributed by atoms with Gasteiger partial charge in [0.05, 0.1) is 0 Å². The van der Waals surface area contributed by atoms with Crippen molar-refractivity contribution in [2.75, 3.05) is 17.2 Å². The number of rotatable bonds is 8. The van der Waals surface area contributed by atoms with Gasteiger partial charge in [0.15, 0.2) is 0 Å². The summed E-state index contributed by atoms with van der Waals surface area (Å²) in [6.45, 7) is 8.81. The Morgan fingerprint density at radius 2 is 1.95 bits per heavy atom. The summed E-state index contributed by atoms with van der Waals surface area (Å²) in [4.78, 5) is 20.0. The van der Waals surface area contributed by atoms with E-state index in [2.05, 4.69) is 27.5 Å². The van der Waals surface area contributed by atoms with Crippen LogP contribution >= 0.6 is 0 Å². The molecule has 1 aromatic heterocycles. The number of aromatic nitrogens is 2. The lowest BCUT2D eigenvalue weighted by Crippen LogP contribution is -2.25. The number of aryl methyl sites for hydroxylation is 1. The molecule has 0 aliphatic rings. The maximum Gasteiger partial charge on any atom is 0.219 e. The number of carbonyl (C=O) groups excluding carboxylic acids is 1. The molecule has 0 saturated heterocycles. The van der Waals surface area contributed by atoms with Gasteiger partial charge in [0.2, 0.25) is 5.91 Å². The molecule has 0 fully saturated rings. The summed E-state index contributed by atoms with van der Waals surface area (Å²) in [5.41, 5.74) is 6.18. The van der Waals surface area contributed by atoms with E-state index in [-0.39, 0.29) is 18.4 Å². The van der Waals surface area contributed by atoms with Crippen LogP contribution in [0.15, 0.2) is 0 Å². The van der Waals surface area contributed by atoms with E-state index >= 15 is 0 Å². The maximum absolute atomic E-state index is 11.0. The van der Waals surface area contributed by atoms with E-state index < -0.39 is 0 Å². The van der Waals surface area contributed by atoms with Crippen molar-refractivity contribution in [1.82, 2.24) is 9.97 Å². The zero-order valence-corrected chi connectivity index (χ0v) is 12.8. The molecule has 0 bridgehead atoms. The first kappa shape index (κ1) is 16.2. The van der Waals surface area contributed by atoms with Gasteiger partial charge in [-0.3, -0.25) is 4.79 Å². The third-order valence-corrected chi connectivity index (χ3v) is 2.90. The van der Waals surface area contributed by atoms with Gasteiger partial charge >= 0.3 is 0 Å². The molecule has 4 N–H and O–H groups in total. The SMILES string of the molecule is CCCc1nc(NCC)c(C)c(NC(C)CC(N)=O)n1. The molecule has 0 aromatic carbocycles. The van der Waals surface area contributed by atoms with Crippen LogP contribution in [0, 0.1) is 6.92 Å². The van der Waals surface area contributed by atoms with Crippen LogP contribution in [0.3, 0.4) is 0 Å². The van der Waals surface area contributed by atoms with Gasteiger partial charge in [-0.1, -0.05) is 6.92 Å². The van der Waals surface area contributed by atoms with Crippen molar-refractivity contribution in [2.45, 2.75) is 53.0 Å². The second-order valence-corrected chi connectivity index (χ2v) is 4.96. The molecule has 1 rings (SSSR count). The third-order valence-electron chi connectivity index (χ3n) is 2.90. The number of amides is 1. The van der Waals surface area contributed by atoms with Crippen molar-refractivity contribution in [3.63, 3.8) is 0 Å². The molecule has 20 heavy (non-hydrogen) atoms. The minimum atomic E-state index is -0.322. The fourth-order valence-corrected chi connectivity index (χ4v) is 1.96. The van der Waals surface area contributed by atoms with Crippen molar-refractivity contribution < 1.29 is 4.79 Å². The van der Waals surface area contributed by atoms with Gasteiger partial charge in [0, 0.05) is 31.0 Å². The monoisotopic (exact) mass is 279 g/mol. The molecular formula is C14H25N5O. The smallest absolute Gasteiger partial charge is 0.219 e. The standard InChI is InChI=1S/C14H25N5O/c1-5-7-12-18-13(16-6-2)10(4)14(19-12)17-9(3)8-11(15)20/h9H,5-8H2,1-4H3,(H2,15,20)(H2,16,17,18,19). The maximum atomic E-state index is 11.0. The molecule has 0 aliphatic carbocycles. The Labute approximate surface area is 120 Å². The second kappa shape index (κ2) is 7.67. The lowest BCUT2D eigenvalue weighted by Gasteiger charge is -2.18. The number of hydrogen-bond donors (Lipinski definition) is 3. The first-order valence-electron chi connectivity index (χ1n) is 7.14. The second-order valence-electron chi connectivity index (χ2n) is 4.96. The predicted molar refractivity (Wildman–Crippen MR) is 81.8 cm³/mol. The average molecular weight is 279 g/mol. The summed E-state index contributed by atoms with van der Waals surface area (Å²) in [6.07, 6.45) is 2.10. The first-order chi connectivity index (χ1) is 9.47. The van der Waals surface area contributed by atoms with Crippen LogP contribution in [0.1, 0.15) is 45.0 Å². The predicted octanol–water partition coefficient (Wildman–Crippen LogP) is 1.85. The van der Waals surface area contributed by atoms with Crippen molar-refractivity contribution in [1.29, 1.82) is 0 Å². The minimum Gasteiger partial charge on any atom is -0.370 e. The largest absolute Gasteiger partial charge is 0.370 e. The van der Waals surface area contributed by atoms with Gasteiger partial charge in [0.1, 0.15) is 17.5 Å². The zero-order chi connectivity index (χ0) is 15.1. The molecule has 1 unspecified atom stereocenters. The lowest BCUT2D eigenvalue weighted by atomic mass is 10.2. The highest BCUT2D eigenvalue weighted by molar-refractivity contribution is 5.75. The van der Waals surface area contributed by atoms with Crippen LogP contribution in [0.25, 0.3) is 0 Å². The van der Waals surface area contributed by atoms with E-state index in [0.717, 1.165) is 42.4 Å². The summed E-state index contributed by atoms with van der Waals surface area (Å²) >= 11 is 0. The van der Waals surface area contributed by atoms with Gasteiger partial charge in [-0.2, -0.15) is 0 Å². The molecule has 0 radical (unpaired) electrons. The molecule has 0 saturated carbocycles. The van der Waals surface area contributed by atoms with Crippen LogP contribution in [0.2, 0.25) is 0 Å². The lowest BCUT2D eigenvalue weighted by molar-refractivity contribution is -0.118. The Balaban J connectivity index is 2.99. The van der Waals surface area contributed by atoms with Crippen LogP contribution < -0.4 is 16.4 Å². The van der Waals surface area contributed by atoms with Gasteiger partial charge in [-0.25, -0.2) is 9.97 Å². The normalized spacial score (nSPS) is 12.0. The minimum absolute atomic E-state index is 0.0509. The Bertz CT molecular complexity index is 461. The summed E-state index contributed by atoms with van der Waals surface area (Å²) in [5.74, 6) is 2.10. The number of nitrogens with zero attached hydrogens (tertiary/aromatic N) is 2. The molecule has 1 aromatic rings. The molecule has 0 aliphatic heterocycles. The number of hydrogen-bond acceptors (Lipinski definition) is 5. The Morgan fingerprint density at radius 3 is 2.50 bits per heavy atom. The summed E-state index contributed by atoms with van der Waals surface area (Å²) < 4.78 is 0. The first-order valence-corrected chi connectivity index (χ1v) is 7.14. The fraction of sp³-hybridized carbons (Fsp3) is 0.643. The van der Waals surface area contributed by atoms with Crippen molar-refractivity contribution in [3.8, 4) is 0 Å². The Morgan fingerprint density at radius 1 is 1.30 bits per heavy atom. The van der Waals surface area contributed by atoms with E-state index in [0.29, 0.717) is 0 Å². The summed E-state index contributed by atoms with van der Waals surface area (Å²) in [7, 11) is 0. The van der Waals surface area contributed by atoms with Crippen molar-refractivity contribution in [2.24, 2.45) is 5.73 Å². The van der Waals surface area contributed by atoms with Gasteiger partial charge in [0.25, 0.3) is 0 Å². The molecule has 0 spiro atoms. The van der Waals surface area contributed by atoms with Crippen LogP contribution in [0.5, 0.6) is 0 Å². The Kier molecular flexibility index (Phi) is 6.21. The van der Waals surface area contributed by atoms with E-state index in [1.807, 2.05) is 20.8 Å². The summed E-state index contributed by atoms with van der Waals surface area (Å²) in [5, 5.41) is 6.49. The molecule has 112 valence electrons. The molecule has 1 heterocycles. The number of carbonyl (C=O) groups is 1. The van der Waals surface area contributed by atoms with Gasteiger partial charge in [-0.15, -0.1) is 0 Å². The third kappa shape index (κ3) is 4.68. The van der Waals surface area contributed by atoms with Crippen molar-refractivity contribution >= 4 is 17.5 Å². The van der Waals surface area contributed by atoms with E-state index in [1.165, 1.54) is 0 Å². The molecule has 6 heteroatoms. The van der Waals surface area contributed by atoms with Crippen LogP contribution in [0.4, 0.5) is 11.6 Å². The van der Waals surface area contributed by atoms with Gasteiger partial charge < -0.3 is 16.4 Å². The highest BCUT2D eigenvalue weighted by atomic mass is 16.1. The highest BCUT2D eigenvalue weighted by Gasteiger charge is 2.13. The zero-order valence-electron chi connectivity index (χ0n) is 12.8. The van der Waals surface area contributed by atoms with Crippen LogP contribution in [-0.4, -0.2) is 28.5 Å². The Hall–Kier alpha value is -1.85. The topological polar surface area (TPSA) is 92.9 Å². The van der Waals surface area contributed by atoms with Crippen molar-refractivity contribution in [3.05, 3.63) is 11.4 Å². The summed E-state index contributed by atoms with van der Waals surface area (Å²) in [6, 6.07) is -0.0509. The van der Waals surface area contributed by atoms with E-state index in [1.54, 1.807) is 0 Å². The van der Waals surface area contributed by atoms with Gasteiger partial charge in [-0.05, 0) is 27.2 Å². The number of primary amides is 1. The van der Waals surface area contributed by atoms with Crippen LogP contribution in [-0.2, 0) is 11.2 Å². The quantitative estimate of drug-likeness (QED) is 0.675. The number of nitrogens with one attached hydrogen (secondary N) is 2. The van der Waals surface area contributed by atoms with E-state index in [9.17, 15) is 4.79 Å². The molecule has 1 atom stereocenters. The number of anilines is 2. The molecule has 6 nitrogen and oxygen atoms in total.